The molecule has 1 fully saturated rings. The number of piperidine rings is 1. The van der Waals surface area contributed by atoms with Gasteiger partial charge in [-0.05, 0) is 42.4 Å². The van der Waals surface area contributed by atoms with Gasteiger partial charge in [-0.2, -0.15) is 0 Å². The summed E-state index contributed by atoms with van der Waals surface area (Å²) < 4.78 is 0. The van der Waals surface area contributed by atoms with Crippen molar-refractivity contribution < 1.29 is 9.59 Å². The molecule has 28 heavy (non-hydrogen) atoms. The van der Waals surface area contributed by atoms with Crippen molar-refractivity contribution in [2.24, 2.45) is 0 Å². The van der Waals surface area contributed by atoms with Gasteiger partial charge in [0, 0.05) is 13.0 Å². The SMILES string of the molecule is O=C(NC1Cc2ccccc2C2CCCCN2C1=O)[C@H](Br)Cc1ccccc1. The normalized spacial score (nSPS) is 22.6. The molecule has 2 aliphatic heterocycles. The van der Waals surface area contributed by atoms with Crippen molar-refractivity contribution >= 4 is 27.7 Å². The van der Waals surface area contributed by atoms with Crippen LogP contribution in [0.5, 0.6) is 0 Å². The first-order valence-electron chi connectivity index (χ1n) is 10.00. The van der Waals surface area contributed by atoms with Crippen LogP contribution < -0.4 is 5.32 Å². The van der Waals surface area contributed by atoms with Crippen molar-refractivity contribution in [1.82, 2.24) is 10.2 Å². The van der Waals surface area contributed by atoms with Gasteiger partial charge in [0.25, 0.3) is 0 Å². The first kappa shape index (κ1) is 19.2. The zero-order chi connectivity index (χ0) is 19.5. The molecule has 4 rings (SSSR count). The summed E-state index contributed by atoms with van der Waals surface area (Å²) in [6, 6.07) is 17.8. The van der Waals surface area contributed by atoms with Crippen molar-refractivity contribution in [3.05, 3.63) is 71.3 Å². The number of halogens is 1. The molecule has 1 N–H and O–H groups in total. The lowest BCUT2D eigenvalue weighted by Gasteiger charge is -2.36. The Morgan fingerprint density at radius 2 is 1.86 bits per heavy atom. The van der Waals surface area contributed by atoms with Crippen molar-refractivity contribution in [2.45, 2.75) is 49.0 Å². The predicted octanol–water partition coefficient (Wildman–Crippen LogP) is 3.79. The zero-order valence-electron chi connectivity index (χ0n) is 15.8. The monoisotopic (exact) mass is 440 g/mol. The van der Waals surface area contributed by atoms with Gasteiger partial charge in [-0.3, -0.25) is 9.59 Å². The third kappa shape index (κ3) is 4.00. The number of hydrogen-bond donors (Lipinski definition) is 1. The van der Waals surface area contributed by atoms with Crippen LogP contribution in [0, 0.1) is 0 Å². The minimum absolute atomic E-state index is 0.0497. The van der Waals surface area contributed by atoms with Crippen molar-refractivity contribution in [2.75, 3.05) is 6.54 Å². The van der Waals surface area contributed by atoms with Crippen LogP contribution in [0.3, 0.4) is 0 Å². The molecule has 0 aromatic heterocycles. The number of hydrogen-bond acceptors (Lipinski definition) is 2. The van der Waals surface area contributed by atoms with Gasteiger partial charge >= 0.3 is 0 Å². The molecule has 2 unspecified atom stereocenters. The van der Waals surface area contributed by atoms with Gasteiger partial charge in [0.1, 0.15) is 6.04 Å². The van der Waals surface area contributed by atoms with Gasteiger partial charge in [-0.25, -0.2) is 0 Å². The van der Waals surface area contributed by atoms with Crippen LogP contribution in [-0.4, -0.2) is 34.1 Å². The molecule has 2 amide bonds. The van der Waals surface area contributed by atoms with Crippen molar-refractivity contribution in [3.63, 3.8) is 0 Å². The van der Waals surface area contributed by atoms with E-state index in [0.29, 0.717) is 12.8 Å². The van der Waals surface area contributed by atoms with Crippen LogP contribution in [0.25, 0.3) is 0 Å². The summed E-state index contributed by atoms with van der Waals surface area (Å²) >= 11 is 3.51. The minimum Gasteiger partial charge on any atom is -0.343 e. The largest absolute Gasteiger partial charge is 0.343 e. The molecule has 0 bridgehead atoms. The van der Waals surface area contributed by atoms with Crippen molar-refractivity contribution in [3.8, 4) is 0 Å². The molecule has 3 atom stereocenters. The van der Waals surface area contributed by atoms with E-state index in [0.717, 1.165) is 31.4 Å². The maximum absolute atomic E-state index is 13.3. The molecule has 2 aromatic carbocycles. The Labute approximate surface area is 174 Å². The highest BCUT2D eigenvalue weighted by molar-refractivity contribution is 9.10. The number of nitrogens with zero attached hydrogens (tertiary/aromatic N) is 1. The fourth-order valence-corrected chi connectivity index (χ4v) is 4.87. The van der Waals surface area contributed by atoms with Crippen LogP contribution in [0.2, 0.25) is 0 Å². The van der Waals surface area contributed by atoms with Crippen LogP contribution in [0.4, 0.5) is 0 Å². The molecule has 0 radical (unpaired) electrons. The topological polar surface area (TPSA) is 49.4 Å². The Bertz CT molecular complexity index is 855. The molecule has 0 spiro atoms. The predicted molar refractivity (Wildman–Crippen MR) is 113 cm³/mol. The van der Waals surface area contributed by atoms with E-state index in [9.17, 15) is 9.59 Å². The van der Waals surface area contributed by atoms with Gasteiger partial charge in [0.05, 0.1) is 10.9 Å². The van der Waals surface area contributed by atoms with E-state index in [2.05, 4.69) is 33.4 Å². The number of benzene rings is 2. The number of nitrogens with one attached hydrogen (secondary N) is 1. The molecule has 2 aromatic rings. The molecule has 4 nitrogen and oxygen atoms in total. The lowest BCUT2D eigenvalue weighted by Crippen LogP contribution is -2.51. The van der Waals surface area contributed by atoms with E-state index in [4.69, 9.17) is 0 Å². The first-order valence-corrected chi connectivity index (χ1v) is 10.9. The Morgan fingerprint density at radius 3 is 2.68 bits per heavy atom. The van der Waals surface area contributed by atoms with Gasteiger partial charge in [0.15, 0.2) is 0 Å². The summed E-state index contributed by atoms with van der Waals surface area (Å²) in [6.45, 7) is 0.770. The van der Waals surface area contributed by atoms with E-state index in [-0.39, 0.29) is 22.7 Å². The van der Waals surface area contributed by atoms with Gasteiger partial charge in [-0.1, -0.05) is 70.5 Å². The highest BCUT2D eigenvalue weighted by Crippen LogP contribution is 2.36. The first-order chi connectivity index (χ1) is 13.6. The second-order valence-electron chi connectivity index (χ2n) is 7.66. The Morgan fingerprint density at radius 1 is 1.11 bits per heavy atom. The molecule has 5 heteroatoms. The third-order valence-electron chi connectivity index (χ3n) is 5.78. The molecular formula is C23H25BrN2O2. The summed E-state index contributed by atoms with van der Waals surface area (Å²) in [5.74, 6) is -0.0798. The summed E-state index contributed by atoms with van der Waals surface area (Å²) in [4.78, 5) is 27.7. The molecule has 2 heterocycles. The summed E-state index contributed by atoms with van der Waals surface area (Å²) in [6.07, 6.45) is 4.31. The second-order valence-corrected chi connectivity index (χ2v) is 8.77. The van der Waals surface area contributed by atoms with E-state index in [1.807, 2.05) is 47.4 Å². The number of carbonyl (C=O) groups is 2. The van der Waals surface area contributed by atoms with Gasteiger partial charge < -0.3 is 10.2 Å². The number of fused-ring (bicyclic) bond motifs is 3. The van der Waals surface area contributed by atoms with Gasteiger partial charge in [-0.15, -0.1) is 0 Å². The third-order valence-corrected chi connectivity index (χ3v) is 6.52. The Balaban J connectivity index is 1.52. The molecule has 2 aliphatic rings. The zero-order valence-corrected chi connectivity index (χ0v) is 17.4. The maximum atomic E-state index is 13.3. The van der Waals surface area contributed by atoms with Crippen LogP contribution >= 0.6 is 15.9 Å². The second kappa shape index (κ2) is 8.48. The number of carbonyl (C=O) groups excluding carboxylic acids is 2. The molecular weight excluding hydrogens is 416 g/mol. The summed E-state index contributed by atoms with van der Waals surface area (Å²) in [7, 11) is 0. The quantitative estimate of drug-likeness (QED) is 0.735. The van der Waals surface area contributed by atoms with E-state index in [1.54, 1.807) is 0 Å². The summed E-state index contributed by atoms with van der Waals surface area (Å²) in [5, 5.41) is 3.03. The average molecular weight is 441 g/mol. The van der Waals surface area contributed by atoms with Crippen LogP contribution in [-0.2, 0) is 22.4 Å². The number of alkyl halides is 1. The highest BCUT2D eigenvalue weighted by atomic mass is 79.9. The lowest BCUT2D eigenvalue weighted by molar-refractivity contribution is -0.139. The molecule has 146 valence electrons. The van der Waals surface area contributed by atoms with E-state index < -0.39 is 6.04 Å². The number of amides is 2. The standard InChI is InChI=1S/C23H25BrN2O2/c24-19(14-16-8-2-1-3-9-16)22(27)25-20-15-17-10-4-5-11-18(17)21-12-6-7-13-26(21)23(20)28/h1-5,8-11,19-21H,6-7,12-15H2,(H,25,27)/t19-,20?,21?/m1/s1. The average Bonchev–Trinajstić information content (AvgIpc) is 2.84. The molecule has 0 saturated carbocycles. The molecule has 0 aliphatic carbocycles. The maximum Gasteiger partial charge on any atom is 0.246 e. The van der Waals surface area contributed by atoms with E-state index >= 15 is 0 Å². The smallest absolute Gasteiger partial charge is 0.246 e. The fraction of sp³-hybridized carbons (Fsp3) is 0.391. The molecule has 1 saturated heterocycles. The fourth-order valence-electron chi connectivity index (χ4n) is 4.36. The Hall–Kier alpha value is -2.14. The van der Waals surface area contributed by atoms with Crippen LogP contribution in [0.15, 0.2) is 54.6 Å². The lowest BCUT2D eigenvalue weighted by atomic mass is 9.92. The van der Waals surface area contributed by atoms with E-state index in [1.165, 1.54) is 11.1 Å². The minimum atomic E-state index is -0.507. The number of rotatable bonds is 4. The van der Waals surface area contributed by atoms with Gasteiger partial charge in [0.2, 0.25) is 11.8 Å². The van der Waals surface area contributed by atoms with Crippen molar-refractivity contribution in [1.29, 1.82) is 0 Å². The van der Waals surface area contributed by atoms with Crippen LogP contribution in [0.1, 0.15) is 42.0 Å². The highest BCUT2D eigenvalue weighted by Gasteiger charge is 2.38. The summed E-state index contributed by atoms with van der Waals surface area (Å²) in [5.41, 5.74) is 3.50. The Kier molecular flexibility index (Phi) is 5.81.